The molecule has 1 N–H and O–H groups in total. The predicted octanol–water partition coefficient (Wildman–Crippen LogP) is 3.01. The Bertz CT molecular complexity index is 579. The van der Waals surface area contributed by atoms with Crippen LogP contribution < -0.4 is 10.1 Å². The van der Waals surface area contributed by atoms with E-state index in [-0.39, 0.29) is 11.1 Å². The van der Waals surface area contributed by atoms with E-state index in [1.54, 1.807) is 25.4 Å². The van der Waals surface area contributed by atoms with Crippen molar-refractivity contribution in [1.29, 1.82) is 0 Å². The molecule has 2 aromatic rings. The third-order valence-corrected chi connectivity index (χ3v) is 3.51. The van der Waals surface area contributed by atoms with Crippen LogP contribution >= 0.6 is 11.6 Å². The Morgan fingerprint density at radius 3 is 2.80 bits per heavy atom. The van der Waals surface area contributed by atoms with Gasteiger partial charge >= 0.3 is 0 Å². The molecule has 0 saturated carbocycles. The second-order valence-electron chi connectivity index (χ2n) is 4.31. The van der Waals surface area contributed by atoms with Gasteiger partial charge in [0.2, 0.25) is 0 Å². The fraction of sp³-hybridized carbons (Fsp3) is 0.357. The van der Waals surface area contributed by atoms with Crippen molar-refractivity contribution >= 4 is 11.6 Å². The first kappa shape index (κ1) is 14.8. The first-order chi connectivity index (χ1) is 9.62. The van der Waals surface area contributed by atoms with Gasteiger partial charge in [-0.15, -0.1) is 0 Å². The number of aryl methyl sites for hydroxylation is 1. The molecule has 0 aliphatic heterocycles. The molecule has 1 heterocycles. The van der Waals surface area contributed by atoms with E-state index in [1.165, 1.54) is 6.07 Å². The highest BCUT2D eigenvalue weighted by Crippen LogP contribution is 2.31. The van der Waals surface area contributed by atoms with Gasteiger partial charge in [0.15, 0.2) is 5.75 Å². The number of benzene rings is 1. The van der Waals surface area contributed by atoms with Crippen molar-refractivity contribution in [1.82, 2.24) is 15.1 Å². The molecule has 0 amide bonds. The number of halogens is 2. The third-order valence-electron chi connectivity index (χ3n) is 3.20. The summed E-state index contributed by atoms with van der Waals surface area (Å²) < 4.78 is 20.8. The third kappa shape index (κ3) is 2.64. The van der Waals surface area contributed by atoms with E-state index in [1.807, 2.05) is 18.7 Å². The number of methoxy groups -OCH3 is 1. The van der Waals surface area contributed by atoms with Gasteiger partial charge in [-0.1, -0.05) is 17.7 Å². The zero-order chi connectivity index (χ0) is 14.7. The van der Waals surface area contributed by atoms with Crippen LogP contribution in [-0.2, 0) is 6.54 Å². The van der Waals surface area contributed by atoms with E-state index >= 15 is 0 Å². The van der Waals surface area contributed by atoms with Gasteiger partial charge in [0.1, 0.15) is 11.5 Å². The maximum absolute atomic E-state index is 13.7. The highest BCUT2D eigenvalue weighted by Gasteiger charge is 2.22. The van der Waals surface area contributed by atoms with E-state index in [0.29, 0.717) is 12.3 Å². The summed E-state index contributed by atoms with van der Waals surface area (Å²) in [6.45, 7) is 2.69. The molecule has 0 radical (unpaired) electrons. The quantitative estimate of drug-likeness (QED) is 0.922. The van der Waals surface area contributed by atoms with E-state index in [4.69, 9.17) is 16.3 Å². The molecule has 1 aromatic heterocycles. The average molecular weight is 298 g/mol. The molecule has 0 fully saturated rings. The summed E-state index contributed by atoms with van der Waals surface area (Å²) in [6.07, 6.45) is 1.66. The minimum atomic E-state index is -0.439. The summed E-state index contributed by atoms with van der Waals surface area (Å²) in [4.78, 5) is 0. The van der Waals surface area contributed by atoms with Gasteiger partial charge in [0, 0.05) is 6.54 Å². The predicted molar refractivity (Wildman–Crippen MR) is 76.8 cm³/mol. The van der Waals surface area contributed by atoms with Gasteiger partial charge in [0.25, 0.3) is 0 Å². The summed E-state index contributed by atoms with van der Waals surface area (Å²) in [5.74, 6) is 0.229. The van der Waals surface area contributed by atoms with E-state index in [9.17, 15) is 4.39 Å². The number of nitrogens with one attached hydrogen (secondary N) is 1. The van der Waals surface area contributed by atoms with E-state index in [0.717, 1.165) is 11.3 Å². The number of nitrogens with zero attached hydrogens (tertiary/aromatic N) is 2. The smallest absolute Gasteiger partial charge is 0.161 e. The fourth-order valence-electron chi connectivity index (χ4n) is 2.23. The van der Waals surface area contributed by atoms with Crippen molar-refractivity contribution in [2.24, 2.45) is 0 Å². The molecule has 6 heteroatoms. The molecule has 0 aliphatic carbocycles. The maximum Gasteiger partial charge on any atom is 0.161 e. The van der Waals surface area contributed by atoms with Crippen LogP contribution in [-0.4, -0.2) is 23.9 Å². The molecule has 1 unspecified atom stereocenters. The molecule has 108 valence electrons. The zero-order valence-electron chi connectivity index (χ0n) is 11.7. The lowest BCUT2D eigenvalue weighted by Crippen LogP contribution is -2.22. The van der Waals surface area contributed by atoms with Crippen LogP contribution in [0, 0.1) is 5.82 Å². The van der Waals surface area contributed by atoms with Crippen LogP contribution in [0.3, 0.4) is 0 Å². The Morgan fingerprint density at radius 2 is 2.25 bits per heavy atom. The minimum Gasteiger partial charge on any atom is -0.493 e. The van der Waals surface area contributed by atoms with Crippen molar-refractivity contribution in [2.45, 2.75) is 19.5 Å². The molecule has 1 aromatic carbocycles. The summed E-state index contributed by atoms with van der Waals surface area (Å²) in [5, 5.41) is 7.55. The first-order valence-electron chi connectivity index (χ1n) is 6.34. The highest BCUT2D eigenvalue weighted by molar-refractivity contribution is 6.30. The standard InChI is InChI=1S/C14H17ClFN3O/c1-4-19-14(12(20-3)8-18-19)13(17-2)9-5-6-10(15)11(16)7-9/h5-8,13,17H,4H2,1-3H3. The van der Waals surface area contributed by atoms with Crippen LogP contribution in [0.4, 0.5) is 4.39 Å². The normalized spacial score (nSPS) is 12.4. The zero-order valence-corrected chi connectivity index (χ0v) is 12.4. The molecule has 0 bridgehead atoms. The van der Waals surface area contributed by atoms with Gasteiger partial charge in [-0.3, -0.25) is 4.68 Å². The lowest BCUT2D eigenvalue weighted by Gasteiger charge is -2.19. The maximum atomic E-state index is 13.7. The lowest BCUT2D eigenvalue weighted by atomic mass is 10.0. The Morgan fingerprint density at radius 1 is 1.50 bits per heavy atom. The molecular formula is C14H17ClFN3O. The highest BCUT2D eigenvalue weighted by atomic mass is 35.5. The lowest BCUT2D eigenvalue weighted by molar-refractivity contribution is 0.401. The molecule has 0 aliphatic rings. The Balaban J connectivity index is 2.51. The second kappa shape index (κ2) is 6.24. The topological polar surface area (TPSA) is 39.1 Å². The molecule has 4 nitrogen and oxygen atoms in total. The number of aromatic nitrogens is 2. The average Bonchev–Trinajstić information content (AvgIpc) is 2.86. The Labute approximate surface area is 122 Å². The fourth-order valence-corrected chi connectivity index (χ4v) is 2.35. The Kier molecular flexibility index (Phi) is 4.62. The summed E-state index contributed by atoms with van der Waals surface area (Å²) in [7, 11) is 3.40. The number of hydrogen-bond donors (Lipinski definition) is 1. The van der Waals surface area contributed by atoms with Crippen molar-refractivity contribution < 1.29 is 9.13 Å². The van der Waals surface area contributed by atoms with Gasteiger partial charge in [-0.25, -0.2) is 4.39 Å². The molecule has 0 saturated heterocycles. The van der Waals surface area contributed by atoms with Crippen LogP contribution in [0.2, 0.25) is 5.02 Å². The second-order valence-corrected chi connectivity index (χ2v) is 4.72. The number of ether oxygens (including phenoxy) is 1. The monoisotopic (exact) mass is 297 g/mol. The molecule has 20 heavy (non-hydrogen) atoms. The van der Waals surface area contributed by atoms with Crippen LogP contribution in [0.1, 0.15) is 24.2 Å². The molecule has 1 atom stereocenters. The van der Waals surface area contributed by atoms with Gasteiger partial charge in [-0.2, -0.15) is 5.10 Å². The first-order valence-corrected chi connectivity index (χ1v) is 6.72. The summed E-state index contributed by atoms with van der Waals surface area (Å²) in [5.41, 5.74) is 1.63. The van der Waals surface area contributed by atoms with Crippen LogP contribution in [0.15, 0.2) is 24.4 Å². The van der Waals surface area contributed by atoms with Crippen molar-refractivity contribution in [2.75, 3.05) is 14.2 Å². The molecule has 2 rings (SSSR count). The number of hydrogen-bond acceptors (Lipinski definition) is 3. The van der Waals surface area contributed by atoms with Crippen molar-refractivity contribution in [3.63, 3.8) is 0 Å². The minimum absolute atomic E-state index is 0.111. The van der Waals surface area contributed by atoms with Crippen molar-refractivity contribution in [3.8, 4) is 5.75 Å². The van der Waals surface area contributed by atoms with E-state index < -0.39 is 5.82 Å². The SMILES string of the molecule is CCn1ncc(OC)c1C(NC)c1ccc(Cl)c(F)c1. The van der Waals surface area contributed by atoms with Gasteiger partial charge < -0.3 is 10.1 Å². The summed E-state index contributed by atoms with van der Waals surface area (Å²) >= 11 is 5.73. The molecular weight excluding hydrogens is 281 g/mol. The van der Waals surface area contributed by atoms with Gasteiger partial charge in [-0.05, 0) is 31.7 Å². The van der Waals surface area contributed by atoms with Crippen LogP contribution in [0.5, 0.6) is 5.75 Å². The van der Waals surface area contributed by atoms with Gasteiger partial charge in [0.05, 0.1) is 24.4 Å². The number of rotatable bonds is 5. The van der Waals surface area contributed by atoms with E-state index in [2.05, 4.69) is 10.4 Å². The largest absolute Gasteiger partial charge is 0.493 e. The summed E-state index contributed by atoms with van der Waals surface area (Å²) in [6, 6.07) is 4.55. The Hall–Kier alpha value is -1.59. The molecule has 0 spiro atoms. The van der Waals surface area contributed by atoms with Crippen LogP contribution in [0.25, 0.3) is 0 Å². The van der Waals surface area contributed by atoms with Crippen molar-refractivity contribution in [3.05, 3.63) is 46.5 Å².